The number of thiophene rings is 1. The molecule has 11 heteroatoms. The number of carbonyl (C=O) groups excluding carboxylic acids is 3. The Morgan fingerprint density at radius 1 is 0.861 bits per heavy atom. The quantitative estimate of drug-likeness (QED) is 0.480. The van der Waals surface area contributed by atoms with Crippen LogP contribution in [-0.4, -0.2) is 74.1 Å². The van der Waals surface area contributed by atoms with Gasteiger partial charge in [0.05, 0.1) is 9.77 Å². The van der Waals surface area contributed by atoms with Crippen LogP contribution in [0.2, 0.25) is 0 Å². The number of rotatable bonds is 8. The lowest BCUT2D eigenvalue weighted by Gasteiger charge is -2.36. The monoisotopic (exact) mass is 527 g/mol. The first-order valence-corrected chi connectivity index (χ1v) is 13.7. The van der Waals surface area contributed by atoms with Crippen molar-refractivity contribution in [2.45, 2.75) is 10.3 Å². The first-order chi connectivity index (χ1) is 17.4. The van der Waals surface area contributed by atoms with E-state index in [2.05, 4.69) is 5.32 Å². The lowest BCUT2D eigenvalue weighted by molar-refractivity contribution is -0.140. The van der Waals surface area contributed by atoms with Crippen molar-refractivity contribution in [2.75, 3.05) is 32.8 Å². The summed E-state index contributed by atoms with van der Waals surface area (Å²) in [5.41, 5.74) is 0. The number of para-hydroxylation sites is 1. The maximum Gasteiger partial charge on any atom is 0.262 e. The van der Waals surface area contributed by atoms with Gasteiger partial charge in [0.25, 0.3) is 17.7 Å². The summed E-state index contributed by atoms with van der Waals surface area (Å²) in [6.07, 6.45) is 0. The van der Waals surface area contributed by atoms with Crippen LogP contribution in [0.15, 0.2) is 83.1 Å². The second-order valence-corrected chi connectivity index (χ2v) is 11.0. The Morgan fingerprint density at radius 3 is 2.08 bits per heavy atom. The largest absolute Gasteiger partial charge is 0.484 e. The topological polar surface area (TPSA) is 113 Å². The SMILES string of the molecule is O=C(N[C@@H](C(=O)N1CCN(C(=O)COc2ccccc2)CC1)S(=O)(=O)c1ccccc1)c1cccs1. The number of hydrogen-bond donors (Lipinski definition) is 1. The van der Waals surface area contributed by atoms with E-state index >= 15 is 0 Å². The molecule has 0 unspecified atom stereocenters. The second kappa shape index (κ2) is 11.4. The molecule has 1 aromatic heterocycles. The number of carbonyl (C=O) groups is 3. The number of benzene rings is 2. The Balaban J connectivity index is 1.44. The zero-order valence-electron chi connectivity index (χ0n) is 19.3. The number of nitrogens with one attached hydrogen (secondary N) is 1. The summed E-state index contributed by atoms with van der Waals surface area (Å²) in [5.74, 6) is -1.04. The highest BCUT2D eigenvalue weighted by Crippen LogP contribution is 2.19. The number of hydrogen-bond acceptors (Lipinski definition) is 7. The number of amides is 3. The molecule has 1 saturated heterocycles. The molecule has 1 aliphatic rings. The fourth-order valence-corrected chi connectivity index (χ4v) is 5.82. The third kappa shape index (κ3) is 5.92. The van der Waals surface area contributed by atoms with Crippen molar-refractivity contribution in [3.05, 3.63) is 83.1 Å². The van der Waals surface area contributed by atoms with E-state index in [0.717, 1.165) is 11.3 Å². The highest BCUT2D eigenvalue weighted by atomic mass is 32.2. The zero-order valence-corrected chi connectivity index (χ0v) is 20.9. The summed E-state index contributed by atoms with van der Waals surface area (Å²) in [6.45, 7) is 0.566. The standard InChI is InChI=1S/C25H25N3O6S2/c29-22(18-34-19-8-3-1-4-9-19)27-13-15-28(16-14-27)25(31)24(26-23(30)21-12-7-17-35-21)36(32,33)20-10-5-2-6-11-20/h1-12,17,24H,13-16,18H2,(H,26,30)/t24-/m1/s1. The summed E-state index contributed by atoms with van der Waals surface area (Å²) in [4.78, 5) is 41.8. The molecular formula is C25H25N3O6S2. The average Bonchev–Trinajstić information content (AvgIpc) is 3.46. The molecule has 1 N–H and O–H groups in total. The van der Waals surface area contributed by atoms with E-state index in [1.54, 1.807) is 64.9 Å². The predicted molar refractivity (Wildman–Crippen MR) is 134 cm³/mol. The van der Waals surface area contributed by atoms with Crippen LogP contribution in [0, 0.1) is 0 Å². The van der Waals surface area contributed by atoms with E-state index in [-0.39, 0.29) is 43.6 Å². The average molecular weight is 528 g/mol. The lowest BCUT2D eigenvalue weighted by Crippen LogP contribution is -2.58. The summed E-state index contributed by atoms with van der Waals surface area (Å²) >= 11 is 1.15. The van der Waals surface area contributed by atoms with Gasteiger partial charge in [-0.15, -0.1) is 11.3 Å². The van der Waals surface area contributed by atoms with Crippen LogP contribution in [0.1, 0.15) is 9.67 Å². The Bertz CT molecular complexity index is 1290. The number of piperazine rings is 1. The number of nitrogens with zero attached hydrogens (tertiary/aromatic N) is 2. The molecule has 0 aliphatic carbocycles. The Hall–Kier alpha value is -3.70. The maximum atomic E-state index is 13.4. The van der Waals surface area contributed by atoms with Gasteiger partial charge in [0.1, 0.15) is 5.75 Å². The Labute approximate surface area is 213 Å². The van der Waals surface area contributed by atoms with Gasteiger partial charge in [-0.25, -0.2) is 8.42 Å². The molecule has 1 atom stereocenters. The molecule has 0 spiro atoms. The molecule has 3 amide bonds. The van der Waals surface area contributed by atoms with Crippen molar-refractivity contribution in [3.8, 4) is 5.75 Å². The molecule has 0 saturated carbocycles. The Kier molecular flexibility index (Phi) is 8.01. The highest BCUT2D eigenvalue weighted by Gasteiger charge is 2.39. The molecule has 0 bridgehead atoms. The third-order valence-corrected chi connectivity index (χ3v) is 8.40. The van der Waals surface area contributed by atoms with Gasteiger partial charge in [-0.3, -0.25) is 14.4 Å². The molecule has 1 aliphatic heterocycles. The van der Waals surface area contributed by atoms with Crippen LogP contribution >= 0.6 is 11.3 Å². The van der Waals surface area contributed by atoms with Crippen LogP contribution < -0.4 is 10.1 Å². The van der Waals surface area contributed by atoms with Crippen LogP contribution in [0.5, 0.6) is 5.75 Å². The summed E-state index contributed by atoms with van der Waals surface area (Å²) in [7, 11) is -4.22. The van der Waals surface area contributed by atoms with Gasteiger partial charge in [-0.1, -0.05) is 42.5 Å². The van der Waals surface area contributed by atoms with Gasteiger partial charge in [-0.05, 0) is 35.7 Å². The number of ether oxygens (including phenoxy) is 1. The highest BCUT2D eigenvalue weighted by molar-refractivity contribution is 7.92. The van der Waals surface area contributed by atoms with E-state index in [0.29, 0.717) is 10.6 Å². The van der Waals surface area contributed by atoms with E-state index in [9.17, 15) is 22.8 Å². The van der Waals surface area contributed by atoms with Gasteiger partial charge >= 0.3 is 0 Å². The van der Waals surface area contributed by atoms with Crippen molar-refractivity contribution in [1.82, 2.24) is 15.1 Å². The minimum atomic E-state index is -4.22. The summed E-state index contributed by atoms with van der Waals surface area (Å²) < 4.78 is 32.3. The number of sulfone groups is 1. The minimum Gasteiger partial charge on any atom is -0.484 e. The molecule has 4 rings (SSSR count). The smallest absolute Gasteiger partial charge is 0.262 e. The van der Waals surface area contributed by atoms with Crippen molar-refractivity contribution in [2.24, 2.45) is 0 Å². The summed E-state index contributed by atoms with van der Waals surface area (Å²) in [5, 5.41) is 2.32. The van der Waals surface area contributed by atoms with Crippen LogP contribution in [-0.2, 0) is 19.4 Å². The maximum absolute atomic E-state index is 13.4. The first kappa shape index (κ1) is 25.4. The predicted octanol–water partition coefficient (Wildman–Crippen LogP) is 2.03. The fourth-order valence-electron chi connectivity index (χ4n) is 3.71. The molecule has 188 valence electrons. The summed E-state index contributed by atoms with van der Waals surface area (Å²) in [6, 6.07) is 19.7. The van der Waals surface area contributed by atoms with E-state index in [4.69, 9.17) is 4.74 Å². The second-order valence-electron chi connectivity index (χ2n) is 8.00. The van der Waals surface area contributed by atoms with E-state index in [1.807, 2.05) is 6.07 Å². The first-order valence-electron chi connectivity index (χ1n) is 11.2. The van der Waals surface area contributed by atoms with Crippen LogP contribution in [0.25, 0.3) is 0 Å². The molecular weight excluding hydrogens is 502 g/mol. The van der Waals surface area contributed by atoms with Gasteiger partial charge in [-0.2, -0.15) is 0 Å². The lowest BCUT2D eigenvalue weighted by atomic mass is 10.3. The molecule has 9 nitrogen and oxygen atoms in total. The zero-order chi connectivity index (χ0) is 25.5. The minimum absolute atomic E-state index is 0.0679. The van der Waals surface area contributed by atoms with E-state index in [1.165, 1.54) is 17.0 Å². The molecule has 3 aromatic rings. The molecule has 0 radical (unpaired) electrons. The van der Waals surface area contributed by atoms with Gasteiger partial charge in [0.2, 0.25) is 15.2 Å². The van der Waals surface area contributed by atoms with Crippen molar-refractivity contribution in [1.29, 1.82) is 0 Å². The fraction of sp³-hybridized carbons (Fsp3) is 0.240. The van der Waals surface area contributed by atoms with Crippen molar-refractivity contribution in [3.63, 3.8) is 0 Å². The molecule has 2 aromatic carbocycles. The molecule has 1 fully saturated rings. The van der Waals surface area contributed by atoms with Crippen LogP contribution in [0.4, 0.5) is 0 Å². The van der Waals surface area contributed by atoms with Gasteiger partial charge in [0, 0.05) is 26.2 Å². The van der Waals surface area contributed by atoms with Gasteiger partial charge < -0.3 is 19.9 Å². The Morgan fingerprint density at radius 2 is 1.47 bits per heavy atom. The van der Waals surface area contributed by atoms with Crippen molar-refractivity contribution >= 4 is 38.9 Å². The van der Waals surface area contributed by atoms with E-state index < -0.39 is 27.0 Å². The normalized spacial score (nSPS) is 14.7. The molecule has 2 heterocycles. The molecule has 36 heavy (non-hydrogen) atoms. The van der Waals surface area contributed by atoms with Crippen LogP contribution in [0.3, 0.4) is 0 Å². The third-order valence-electron chi connectivity index (χ3n) is 5.66. The van der Waals surface area contributed by atoms with Gasteiger partial charge in [0.15, 0.2) is 6.61 Å². The van der Waals surface area contributed by atoms with Crippen molar-refractivity contribution < 1.29 is 27.5 Å².